The molecule has 4 N–H and O–H groups in total. The van der Waals surface area contributed by atoms with Gasteiger partial charge in [0.15, 0.2) is 0 Å². The summed E-state index contributed by atoms with van der Waals surface area (Å²) in [5.74, 6) is 0.946. The summed E-state index contributed by atoms with van der Waals surface area (Å²) in [6.07, 6.45) is 7.45. The zero-order valence-corrected chi connectivity index (χ0v) is 9.87. The van der Waals surface area contributed by atoms with Crippen molar-refractivity contribution in [3.05, 3.63) is 0 Å². The highest BCUT2D eigenvalue weighted by atomic mass is 16.2. The molecule has 2 fully saturated rings. The van der Waals surface area contributed by atoms with Gasteiger partial charge in [0.05, 0.1) is 6.04 Å². The number of amides is 1. The Hall–Kier alpha value is -0.610. The van der Waals surface area contributed by atoms with Crippen molar-refractivity contribution in [2.45, 2.75) is 50.6 Å². The van der Waals surface area contributed by atoms with E-state index >= 15 is 0 Å². The van der Waals surface area contributed by atoms with Gasteiger partial charge in [-0.25, -0.2) is 0 Å². The third-order valence-electron chi connectivity index (χ3n) is 3.91. The molecule has 1 aliphatic heterocycles. The van der Waals surface area contributed by atoms with Gasteiger partial charge in [0.25, 0.3) is 0 Å². The second kappa shape index (κ2) is 5.64. The van der Waals surface area contributed by atoms with Gasteiger partial charge in [-0.05, 0) is 31.6 Å². The Kier molecular flexibility index (Phi) is 4.18. The van der Waals surface area contributed by atoms with Gasteiger partial charge >= 0.3 is 0 Å². The first kappa shape index (κ1) is 11.9. The van der Waals surface area contributed by atoms with Gasteiger partial charge in [0, 0.05) is 19.1 Å². The largest absolute Gasteiger partial charge is 0.353 e. The van der Waals surface area contributed by atoms with Crippen LogP contribution < -0.4 is 16.4 Å². The molecule has 2 rings (SSSR count). The lowest BCUT2D eigenvalue weighted by Gasteiger charge is -2.39. The van der Waals surface area contributed by atoms with Gasteiger partial charge in [0.2, 0.25) is 5.91 Å². The van der Waals surface area contributed by atoms with E-state index in [1.807, 2.05) is 0 Å². The Morgan fingerprint density at radius 1 is 1.25 bits per heavy atom. The van der Waals surface area contributed by atoms with Crippen LogP contribution in [0.2, 0.25) is 0 Å². The van der Waals surface area contributed by atoms with E-state index in [4.69, 9.17) is 5.73 Å². The van der Waals surface area contributed by atoms with E-state index in [1.54, 1.807) is 0 Å². The predicted molar refractivity (Wildman–Crippen MR) is 64.0 cm³/mol. The molecule has 16 heavy (non-hydrogen) atoms. The lowest BCUT2D eigenvalue weighted by atomic mass is 9.77. The number of piperidine rings is 1. The topological polar surface area (TPSA) is 67.1 Å². The Morgan fingerprint density at radius 2 is 2.06 bits per heavy atom. The maximum Gasteiger partial charge on any atom is 0.237 e. The summed E-state index contributed by atoms with van der Waals surface area (Å²) >= 11 is 0. The van der Waals surface area contributed by atoms with Gasteiger partial charge in [-0.1, -0.05) is 12.8 Å². The number of nitrogens with one attached hydrogen (secondary N) is 2. The maximum absolute atomic E-state index is 11.8. The first-order valence-corrected chi connectivity index (χ1v) is 6.55. The van der Waals surface area contributed by atoms with Gasteiger partial charge in [-0.2, -0.15) is 0 Å². The van der Waals surface area contributed by atoms with Crippen LogP contribution >= 0.6 is 0 Å². The molecule has 1 aliphatic carbocycles. The molecule has 0 spiro atoms. The van der Waals surface area contributed by atoms with Crippen LogP contribution in [0.25, 0.3) is 0 Å². The summed E-state index contributed by atoms with van der Waals surface area (Å²) in [6.45, 7) is 1.11. The molecule has 92 valence electrons. The molecule has 4 heteroatoms. The van der Waals surface area contributed by atoms with Crippen LogP contribution in [0.5, 0.6) is 0 Å². The van der Waals surface area contributed by atoms with E-state index < -0.39 is 0 Å². The van der Waals surface area contributed by atoms with Gasteiger partial charge < -0.3 is 16.4 Å². The molecule has 0 radical (unpaired) electrons. The standard InChI is InChI=1S/C12H23N3O/c13-7-8-14-12(16)11-6-5-9-3-1-2-4-10(9)15-11/h9-11,15H,1-8,13H2,(H,14,16). The van der Waals surface area contributed by atoms with Gasteiger partial charge in [-0.3, -0.25) is 4.79 Å². The van der Waals surface area contributed by atoms with Crippen LogP contribution in [0, 0.1) is 5.92 Å². The first-order valence-electron chi connectivity index (χ1n) is 6.55. The minimum atomic E-state index is 0.0194. The molecule has 0 aromatic rings. The highest BCUT2D eigenvalue weighted by molar-refractivity contribution is 5.81. The first-order chi connectivity index (χ1) is 7.81. The molecule has 2 aliphatic rings. The fraction of sp³-hybridized carbons (Fsp3) is 0.917. The van der Waals surface area contributed by atoms with Crippen LogP contribution in [-0.4, -0.2) is 31.1 Å². The number of carbonyl (C=O) groups is 1. The number of nitrogens with two attached hydrogens (primary N) is 1. The lowest BCUT2D eigenvalue weighted by molar-refractivity contribution is -0.124. The molecule has 1 saturated heterocycles. The minimum absolute atomic E-state index is 0.0194. The molecule has 1 heterocycles. The average Bonchev–Trinajstić information content (AvgIpc) is 2.35. The van der Waals surface area contributed by atoms with E-state index in [1.165, 1.54) is 32.1 Å². The van der Waals surface area contributed by atoms with Crippen LogP contribution in [0.15, 0.2) is 0 Å². The fourth-order valence-corrected chi connectivity index (χ4v) is 3.02. The van der Waals surface area contributed by atoms with Crippen molar-refractivity contribution in [2.24, 2.45) is 11.7 Å². The molecule has 0 aromatic heterocycles. The van der Waals surface area contributed by atoms with Crippen LogP contribution in [0.1, 0.15) is 38.5 Å². The van der Waals surface area contributed by atoms with Crippen molar-refractivity contribution in [2.75, 3.05) is 13.1 Å². The van der Waals surface area contributed by atoms with Crippen molar-refractivity contribution in [1.29, 1.82) is 0 Å². The number of hydrogen-bond acceptors (Lipinski definition) is 3. The zero-order chi connectivity index (χ0) is 11.4. The van der Waals surface area contributed by atoms with E-state index in [0.29, 0.717) is 19.1 Å². The normalized spacial score (nSPS) is 34.2. The van der Waals surface area contributed by atoms with Crippen LogP contribution in [-0.2, 0) is 4.79 Å². The third-order valence-corrected chi connectivity index (χ3v) is 3.91. The molecule has 3 atom stereocenters. The van der Waals surface area contributed by atoms with Gasteiger partial charge in [0.1, 0.15) is 0 Å². The summed E-state index contributed by atoms with van der Waals surface area (Å²) < 4.78 is 0. The summed E-state index contributed by atoms with van der Waals surface area (Å²) in [5, 5.41) is 6.38. The molecule has 4 nitrogen and oxygen atoms in total. The number of hydrogen-bond donors (Lipinski definition) is 3. The second-order valence-corrected chi connectivity index (χ2v) is 5.03. The average molecular weight is 225 g/mol. The monoisotopic (exact) mass is 225 g/mol. The summed E-state index contributed by atoms with van der Waals surface area (Å²) in [4.78, 5) is 11.8. The van der Waals surface area contributed by atoms with E-state index in [2.05, 4.69) is 10.6 Å². The molecule has 0 bridgehead atoms. The molecule has 0 aromatic carbocycles. The minimum Gasteiger partial charge on any atom is -0.353 e. The Morgan fingerprint density at radius 3 is 2.88 bits per heavy atom. The summed E-state index contributed by atoms with van der Waals surface area (Å²) in [5.41, 5.74) is 5.38. The number of fused-ring (bicyclic) bond motifs is 1. The SMILES string of the molecule is NCCNC(=O)C1CCC2CCCCC2N1. The molecule has 3 unspecified atom stereocenters. The molecular weight excluding hydrogens is 202 g/mol. The highest BCUT2D eigenvalue weighted by Gasteiger charge is 2.34. The van der Waals surface area contributed by atoms with Crippen molar-refractivity contribution in [1.82, 2.24) is 10.6 Å². The Bertz CT molecular complexity index is 244. The zero-order valence-electron chi connectivity index (χ0n) is 9.87. The maximum atomic E-state index is 11.8. The second-order valence-electron chi connectivity index (χ2n) is 5.03. The predicted octanol–water partition coefficient (Wildman–Crippen LogP) is 0.372. The van der Waals surface area contributed by atoms with Crippen molar-refractivity contribution in [3.8, 4) is 0 Å². The summed E-state index contributed by atoms with van der Waals surface area (Å²) in [7, 11) is 0. The third kappa shape index (κ3) is 2.74. The molecule has 1 saturated carbocycles. The Labute approximate surface area is 97.3 Å². The highest BCUT2D eigenvalue weighted by Crippen LogP contribution is 2.32. The van der Waals surface area contributed by atoms with Crippen molar-refractivity contribution >= 4 is 5.91 Å². The van der Waals surface area contributed by atoms with Crippen molar-refractivity contribution in [3.63, 3.8) is 0 Å². The summed E-state index contributed by atoms with van der Waals surface area (Å²) in [6, 6.07) is 0.599. The number of carbonyl (C=O) groups excluding carboxylic acids is 1. The lowest BCUT2D eigenvalue weighted by Crippen LogP contribution is -2.55. The smallest absolute Gasteiger partial charge is 0.237 e. The number of rotatable bonds is 3. The van der Waals surface area contributed by atoms with E-state index in [0.717, 1.165) is 12.3 Å². The van der Waals surface area contributed by atoms with Crippen molar-refractivity contribution < 1.29 is 4.79 Å². The van der Waals surface area contributed by atoms with Crippen LogP contribution in [0.4, 0.5) is 0 Å². The van der Waals surface area contributed by atoms with Gasteiger partial charge in [-0.15, -0.1) is 0 Å². The fourth-order valence-electron chi connectivity index (χ4n) is 3.02. The Balaban J connectivity index is 1.82. The van der Waals surface area contributed by atoms with E-state index in [9.17, 15) is 4.79 Å². The molecular formula is C12H23N3O. The van der Waals surface area contributed by atoms with E-state index in [-0.39, 0.29) is 11.9 Å². The quantitative estimate of drug-likeness (QED) is 0.650. The van der Waals surface area contributed by atoms with Crippen LogP contribution in [0.3, 0.4) is 0 Å². The molecule has 1 amide bonds.